The van der Waals surface area contributed by atoms with E-state index < -0.39 is 0 Å². The topological polar surface area (TPSA) is 95.4 Å². The molecule has 4 rings (SSSR count). The van der Waals surface area contributed by atoms with Crippen LogP contribution >= 0.6 is 0 Å². The van der Waals surface area contributed by atoms with E-state index in [0.717, 1.165) is 30.7 Å². The highest BCUT2D eigenvalue weighted by atomic mass is 16.5. The van der Waals surface area contributed by atoms with Crippen molar-refractivity contribution >= 4 is 11.6 Å². The third-order valence-corrected chi connectivity index (χ3v) is 8.65. The molecule has 2 aliphatic rings. The number of nitriles is 1. The van der Waals surface area contributed by atoms with Gasteiger partial charge in [0.2, 0.25) is 5.90 Å². The number of methoxy groups -OCH3 is 1. The summed E-state index contributed by atoms with van der Waals surface area (Å²) in [6.07, 6.45) is 6.31. The van der Waals surface area contributed by atoms with Gasteiger partial charge in [0.15, 0.2) is 0 Å². The molecule has 2 aromatic rings. The van der Waals surface area contributed by atoms with Gasteiger partial charge in [-0.2, -0.15) is 5.26 Å². The van der Waals surface area contributed by atoms with E-state index in [1.807, 2.05) is 18.2 Å². The maximum absolute atomic E-state index is 9.02. The predicted octanol–water partition coefficient (Wildman–Crippen LogP) is 7.65. The zero-order chi connectivity index (χ0) is 30.3. The third-order valence-electron chi connectivity index (χ3n) is 8.65. The largest absolute Gasteiger partial charge is 0.497 e. The van der Waals surface area contributed by atoms with Gasteiger partial charge in [-0.25, -0.2) is 0 Å². The van der Waals surface area contributed by atoms with Crippen LogP contribution in [0.5, 0.6) is 5.75 Å². The Morgan fingerprint density at radius 1 is 1.17 bits per heavy atom. The Hall–Kier alpha value is -3.82. The third kappa shape index (κ3) is 6.41. The number of benzene rings is 2. The Balaban J connectivity index is 0.000000250. The monoisotopic (exact) mass is 554 g/mol. The summed E-state index contributed by atoms with van der Waals surface area (Å²) in [5.41, 5.74) is 14.8. The van der Waals surface area contributed by atoms with Crippen molar-refractivity contribution in [3.05, 3.63) is 93.7 Å². The van der Waals surface area contributed by atoms with E-state index >= 15 is 0 Å². The first-order chi connectivity index (χ1) is 19.6. The molecule has 2 aromatic carbocycles. The molecule has 41 heavy (non-hydrogen) atoms. The van der Waals surface area contributed by atoms with E-state index in [2.05, 4.69) is 95.9 Å². The SMILES string of the molecule is C/C=C1\N(CC)c2ccc(OC)cc2C1(C)Cc1ccc(C#N)cc1.CCC1=C(C)C(C)C(C(=N)OCN)=CC1C. The van der Waals surface area contributed by atoms with Crippen LogP contribution in [0.4, 0.5) is 5.69 Å². The van der Waals surface area contributed by atoms with Gasteiger partial charge in [0.1, 0.15) is 12.5 Å². The normalized spacial score (nSPS) is 22.4. The average molecular weight is 555 g/mol. The first kappa shape index (κ1) is 31.7. The molecule has 0 radical (unpaired) electrons. The molecule has 3 atom stereocenters. The Kier molecular flexibility index (Phi) is 10.6. The van der Waals surface area contributed by atoms with Crippen molar-refractivity contribution in [3.63, 3.8) is 0 Å². The van der Waals surface area contributed by atoms with Crippen LogP contribution in [0.25, 0.3) is 0 Å². The lowest BCUT2D eigenvalue weighted by Crippen LogP contribution is -2.30. The minimum atomic E-state index is -0.122. The Morgan fingerprint density at radius 3 is 2.39 bits per heavy atom. The zero-order valence-corrected chi connectivity index (χ0v) is 26.0. The first-order valence-electron chi connectivity index (χ1n) is 14.5. The van der Waals surface area contributed by atoms with Crippen LogP contribution < -0.4 is 15.4 Å². The Labute approximate surface area is 246 Å². The molecule has 218 valence electrons. The van der Waals surface area contributed by atoms with Crippen molar-refractivity contribution in [2.24, 2.45) is 17.6 Å². The van der Waals surface area contributed by atoms with E-state index in [0.29, 0.717) is 11.5 Å². The van der Waals surface area contributed by atoms with E-state index in [1.165, 1.54) is 33.7 Å². The number of hydrogen-bond donors (Lipinski definition) is 2. The molecule has 6 heteroatoms. The smallest absolute Gasteiger partial charge is 0.210 e. The van der Waals surface area contributed by atoms with Crippen LogP contribution in [0.3, 0.4) is 0 Å². The van der Waals surface area contributed by atoms with Crippen LogP contribution in [-0.4, -0.2) is 26.3 Å². The number of fused-ring (bicyclic) bond motifs is 1. The van der Waals surface area contributed by atoms with Gasteiger partial charge in [-0.15, -0.1) is 0 Å². The Bertz CT molecular complexity index is 1380. The number of ether oxygens (including phenoxy) is 2. The fourth-order valence-corrected chi connectivity index (χ4v) is 6.42. The summed E-state index contributed by atoms with van der Waals surface area (Å²) in [6.45, 7) is 16.2. The highest BCUT2D eigenvalue weighted by Crippen LogP contribution is 2.50. The minimum Gasteiger partial charge on any atom is -0.497 e. The predicted molar refractivity (Wildman–Crippen MR) is 169 cm³/mol. The molecule has 1 aliphatic carbocycles. The number of likely N-dealkylation sites (N-methyl/N-ethyl adjacent to an activating group) is 1. The molecule has 1 aliphatic heterocycles. The molecule has 0 saturated carbocycles. The van der Waals surface area contributed by atoms with Gasteiger partial charge >= 0.3 is 0 Å². The number of hydrogen-bond acceptors (Lipinski definition) is 6. The van der Waals surface area contributed by atoms with Gasteiger partial charge in [-0.3, -0.25) is 11.1 Å². The Morgan fingerprint density at radius 2 is 1.85 bits per heavy atom. The maximum Gasteiger partial charge on any atom is 0.210 e. The molecule has 0 aromatic heterocycles. The molecule has 0 saturated heterocycles. The van der Waals surface area contributed by atoms with Crippen molar-refractivity contribution in [1.82, 2.24) is 0 Å². The van der Waals surface area contributed by atoms with Crippen LogP contribution in [0.2, 0.25) is 0 Å². The fourth-order valence-electron chi connectivity index (χ4n) is 6.42. The second-order valence-corrected chi connectivity index (χ2v) is 11.0. The van der Waals surface area contributed by atoms with E-state index in [4.69, 9.17) is 25.9 Å². The van der Waals surface area contributed by atoms with Crippen LogP contribution in [0, 0.1) is 28.6 Å². The van der Waals surface area contributed by atoms with Crippen molar-refractivity contribution in [3.8, 4) is 11.8 Å². The summed E-state index contributed by atoms with van der Waals surface area (Å²) < 4.78 is 10.6. The van der Waals surface area contributed by atoms with Gasteiger partial charge in [-0.1, -0.05) is 56.2 Å². The van der Waals surface area contributed by atoms with Crippen molar-refractivity contribution in [2.45, 2.75) is 66.7 Å². The van der Waals surface area contributed by atoms with Gasteiger partial charge in [-0.05, 0) is 87.9 Å². The molecule has 0 amide bonds. The number of anilines is 1. The molecule has 3 N–H and O–H groups in total. The molecule has 0 spiro atoms. The van der Waals surface area contributed by atoms with Crippen LogP contribution in [-0.2, 0) is 16.6 Å². The summed E-state index contributed by atoms with van der Waals surface area (Å²) >= 11 is 0. The molecule has 0 bridgehead atoms. The standard InChI is InChI=1S/C22H24N2O.C13H22N2O/c1-5-21-22(3,14-16-7-9-17(15-23)10-8-16)19-13-18(25-4)11-12-20(19)24(21)6-2;1-5-11-8(2)6-12(10(4)9(11)3)13(15)16-7-14/h5,7-13H,6,14H2,1-4H3;6,8,10,15H,5,7,14H2,1-4H3/b21-5-;. The van der Waals surface area contributed by atoms with Crippen molar-refractivity contribution in [1.29, 1.82) is 10.7 Å². The lowest BCUT2D eigenvalue weighted by atomic mass is 9.76. The highest BCUT2D eigenvalue weighted by molar-refractivity contribution is 5.92. The molecular weight excluding hydrogens is 508 g/mol. The highest BCUT2D eigenvalue weighted by Gasteiger charge is 2.43. The van der Waals surface area contributed by atoms with Crippen LogP contribution in [0.1, 0.15) is 71.6 Å². The fraction of sp³-hybridized carbons (Fsp3) is 0.429. The average Bonchev–Trinajstić information content (AvgIpc) is 3.22. The minimum absolute atomic E-state index is 0.0701. The summed E-state index contributed by atoms with van der Waals surface area (Å²) in [5.74, 6) is 1.78. The zero-order valence-electron chi connectivity index (χ0n) is 26.0. The van der Waals surface area contributed by atoms with Gasteiger partial charge in [0, 0.05) is 34.8 Å². The molecular formula is C35H46N4O2. The van der Waals surface area contributed by atoms with Gasteiger partial charge in [0.05, 0.1) is 18.7 Å². The summed E-state index contributed by atoms with van der Waals surface area (Å²) in [4.78, 5) is 2.39. The molecule has 6 nitrogen and oxygen atoms in total. The van der Waals surface area contributed by atoms with Crippen molar-refractivity contribution < 1.29 is 9.47 Å². The lowest BCUT2D eigenvalue weighted by molar-refractivity contribution is 0.311. The van der Waals surface area contributed by atoms with E-state index in [-0.39, 0.29) is 24.0 Å². The number of rotatable bonds is 7. The van der Waals surface area contributed by atoms with Crippen LogP contribution in [0.15, 0.2) is 77.0 Å². The van der Waals surface area contributed by atoms with Crippen molar-refractivity contribution in [2.75, 3.05) is 25.3 Å². The van der Waals surface area contributed by atoms with E-state index in [1.54, 1.807) is 7.11 Å². The van der Waals surface area contributed by atoms with Gasteiger partial charge < -0.3 is 14.4 Å². The first-order valence-corrected chi connectivity index (χ1v) is 14.5. The summed E-state index contributed by atoms with van der Waals surface area (Å²) in [7, 11) is 1.71. The number of nitrogens with two attached hydrogens (primary N) is 1. The molecule has 1 heterocycles. The van der Waals surface area contributed by atoms with Gasteiger partial charge in [0.25, 0.3) is 0 Å². The number of nitrogens with zero attached hydrogens (tertiary/aromatic N) is 2. The number of allylic oxidation sites excluding steroid dienone is 5. The lowest BCUT2D eigenvalue weighted by Gasteiger charge is -2.30. The van der Waals surface area contributed by atoms with E-state index in [9.17, 15) is 0 Å². The summed E-state index contributed by atoms with van der Waals surface area (Å²) in [6, 6.07) is 16.5. The second kappa shape index (κ2) is 13.7. The summed E-state index contributed by atoms with van der Waals surface area (Å²) in [5, 5.41) is 16.8. The maximum atomic E-state index is 9.02. The molecule has 3 unspecified atom stereocenters. The second-order valence-electron chi connectivity index (χ2n) is 11.0. The molecule has 0 fully saturated rings. The quantitative estimate of drug-likeness (QED) is 0.159. The number of nitrogens with one attached hydrogen (secondary N) is 1.